The van der Waals surface area contributed by atoms with Gasteiger partial charge in [-0.1, -0.05) is 29.4 Å². The van der Waals surface area contributed by atoms with Gasteiger partial charge in [0.2, 0.25) is 5.91 Å². The van der Waals surface area contributed by atoms with Crippen LogP contribution in [-0.2, 0) is 16.1 Å². The molecule has 1 N–H and O–H groups in total. The second-order valence-electron chi connectivity index (χ2n) is 7.42. The molecular weight excluding hydrogens is 450 g/mol. The normalized spacial score (nSPS) is 15.9. The second-order valence-corrected chi connectivity index (χ2v) is 8.94. The van der Waals surface area contributed by atoms with Gasteiger partial charge in [0.1, 0.15) is 0 Å². The van der Waals surface area contributed by atoms with Crippen molar-refractivity contribution in [3.05, 3.63) is 58.6 Å². The minimum Gasteiger partial charge on any atom is -0.341 e. The fourth-order valence-corrected chi connectivity index (χ4v) is 4.73. The highest BCUT2D eigenvalue weighted by atomic mass is 35.5. The number of hydrogen-bond donors (Lipinski definition) is 1. The maximum Gasteiger partial charge on any atom is 0.317 e. The third kappa shape index (κ3) is 5.38. The Morgan fingerprint density at radius 3 is 2.62 bits per heavy atom. The number of fused-ring (bicyclic) bond motifs is 1. The molecule has 0 aliphatic carbocycles. The molecule has 2 aromatic rings. The van der Waals surface area contributed by atoms with Crippen LogP contribution in [0.4, 0.5) is 4.79 Å². The number of halogens is 1. The molecule has 0 saturated carbocycles. The van der Waals surface area contributed by atoms with Crippen LogP contribution in [-0.4, -0.2) is 61.6 Å². The number of hydrogen-bond acceptors (Lipinski definition) is 5. The van der Waals surface area contributed by atoms with Gasteiger partial charge in [-0.15, -0.1) is 0 Å². The van der Waals surface area contributed by atoms with E-state index in [1.807, 2.05) is 30.3 Å². The van der Waals surface area contributed by atoms with Crippen LogP contribution in [0.2, 0.25) is 5.02 Å². The first-order valence-corrected chi connectivity index (χ1v) is 11.6. The fourth-order valence-electron chi connectivity index (χ4n) is 3.54. The first-order valence-electron chi connectivity index (χ1n) is 10.4. The third-order valence-electron chi connectivity index (χ3n) is 5.33. The summed E-state index contributed by atoms with van der Waals surface area (Å²) in [4.78, 5) is 39.8. The number of piperazine rings is 1. The van der Waals surface area contributed by atoms with Gasteiger partial charge in [0.25, 0.3) is 0 Å². The van der Waals surface area contributed by atoms with Crippen LogP contribution >= 0.6 is 23.4 Å². The lowest BCUT2D eigenvalue weighted by Crippen LogP contribution is -2.52. The molecule has 0 bridgehead atoms. The standard InChI is InChI=1S/C23H24ClN3O4S/c1-25-23(29)27-11-9-26(10-12-27)22(28)7-3-16-2-6-21(19(24)14-16)32-18-4-5-20-17(15-18)8-13-30-31-20/h2-7,14-15H,8-13H2,1H3,(H,25,29). The molecule has 4 rings (SSSR count). The minimum absolute atomic E-state index is 0.0728. The zero-order chi connectivity index (χ0) is 22.5. The van der Waals surface area contributed by atoms with E-state index < -0.39 is 0 Å². The van der Waals surface area contributed by atoms with Gasteiger partial charge < -0.3 is 20.0 Å². The van der Waals surface area contributed by atoms with Crippen LogP contribution in [0.1, 0.15) is 11.1 Å². The highest BCUT2D eigenvalue weighted by molar-refractivity contribution is 7.99. The van der Waals surface area contributed by atoms with Crippen LogP contribution in [0.25, 0.3) is 6.08 Å². The molecule has 0 unspecified atom stereocenters. The number of carbonyl (C=O) groups excluding carboxylic acids is 2. The Bertz CT molecular complexity index is 1040. The number of urea groups is 1. The molecule has 1 saturated heterocycles. The molecule has 2 aromatic carbocycles. The number of benzene rings is 2. The topological polar surface area (TPSA) is 71.1 Å². The molecule has 2 heterocycles. The SMILES string of the molecule is CNC(=O)N1CCN(C(=O)C=Cc2ccc(Sc3ccc4c(c3)CCOO4)c(Cl)c2)CC1. The quantitative estimate of drug-likeness (QED) is 0.539. The molecule has 2 aliphatic rings. The van der Waals surface area contributed by atoms with Crippen molar-refractivity contribution < 1.29 is 19.4 Å². The minimum atomic E-state index is -0.113. The van der Waals surface area contributed by atoms with E-state index in [4.69, 9.17) is 21.4 Å². The zero-order valence-electron chi connectivity index (χ0n) is 17.7. The summed E-state index contributed by atoms with van der Waals surface area (Å²) in [6, 6.07) is 11.6. The number of nitrogens with zero attached hydrogens (tertiary/aromatic N) is 2. The molecule has 1 fully saturated rings. The number of nitrogens with one attached hydrogen (secondary N) is 1. The van der Waals surface area contributed by atoms with Gasteiger partial charge in [0, 0.05) is 61.1 Å². The van der Waals surface area contributed by atoms with Crippen molar-refractivity contribution in [2.45, 2.75) is 16.2 Å². The smallest absolute Gasteiger partial charge is 0.317 e. The van der Waals surface area contributed by atoms with Crippen LogP contribution in [0, 0.1) is 0 Å². The lowest BCUT2D eigenvalue weighted by atomic mass is 10.1. The number of carbonyl (C=O) groups is 2. The van der Waals surface area contributed by atoms with Gasteiger partial charge in [0.05, 0.1) is 11.6 Å². The van der Waals surface area contributed by atoms with Crippen molar-refractivity contribution >= 4 is 41.4 Å². The largest absolute Gasteiger partial charge is 0.341 e. The molecule has 32 heavy (non-hydrogen) atoms. The summed E-state index contributed by atoms with van der Waals surface area (Å²) in [5.74, 6) is 0.684. The van der Waals surface area contributed by atoms with E-state index in [-0.39, 0.29) is 11.9 Å². The van der Waals surface area contributed by atoms with Gasteiger partial charge >= 0.3 is 6.03 Å². The molecular formula is C23H24ClN3O4S. The monoisotopic (exact) mass is 473 g/mol. The summed E-state index contributed by atoms with van der Waals surface area (Å²) < 4.78 is 0. The predicted octanol–water partition coefficient (Wildman–Crippen LogP) is 3.85. The van der Waals surface area contributed by atoms with E-state index in [1.165, 1.54) is 0 Å². The lowest BCUT2D eigenvalue weighted by molar-refractivity contribution is -0.215. The highest BCUT2D eigenvalue weighted by Gasteiger charge is 2.22. The molecule has 0 spiro atoms. The average molecular weight is 474 g/mol. The second kappa shape index (κ2) is 10.3. The molecule has 0 aromatic heterocycles. The van der Waals surface area contributed by atoms with Crippen molar-refractivity contribution in [1.29, 1.82) is 0 Å². The van der Waals surface area contributed by atoms with Crippen molar-refractivity contribution in [2.75, 3.05) is 39.8 Å². The molecule has 3 amide bonds. The van der Waals surface area contributed by atoms with E-state index in [9.17, 15) is 9.59 Å². The van der Waals surface area contributed by atoms with Gasteiger partial charge in [-0.2, -0.15) is 4.89 Å². The van der Waals surface area contributed by atoms with Crippen molar-refractivity contribution in [3.8, 4) is 5.75 Å². The van der Waals surface area contributed by atoms with Crippen LogP contribution in [0.5, 0.6) is 5.75 Å². The van der Waals surface area contributed by atoms with E-state index in [0.717, 1.165) is 33.1 Å². The van der Waals surface area contributed by atoms with Gasteiger partial charge in [-0.3, -0.25) is 4.79 Å². The Balaban J connectivity index is 1.35. The lowest BCUT2D eigenvalue weighted by Gasteiger charge is -2.33. The molecule has 0 radical (unpaired) electrons. The molecule has 2 aliphatic heterocycles. The summed E-state index contributed by atoms with van der Waals surface area (Å²) in [5.41, 5.74) is 1.97. The highest BCUT2D eigenvalue weighted by Crippen LogP contribution is 2.36. The summed E-state index contributed by atoms with van der Waals surface area (Å²) >= 11 is 8.09. The maximum absolute atomic E-state index is 12.5. The van der Waals surface area contributed by atoms with E-state index in [2.05, 4.69) is 11.4 Å². The van der Waals surface area contributed by atoms with E-state index >= 15 is 0 Å². The van der Waals surface area contributed by atoms with Gasteiger partial charge in [-0.05, 0) is 42.0 Å². The van der Waals surface area contributed by atoms with Crippen LogP contribution in [0.3, 0.4) is 0 Å². The number of amides is 3. The summed E-state index contributed by atoms with van der Waals surface area (Å²) in [6.45, 7) is 2.64. The zero-order valence-corrected chi connectivity index (χ0v) is 19.2. The first kappa shape index (κ1) is 22.5. The Labute approximate surface area is 196 Å². The summed E-state index contributed by atoms with van der Waals surface area (Å²) in [6.07, 6.45) is 4.14. The van der Waals surface area contributed by atoms with Gasteiger partial charge in [0.15, 0.2) is 5.75 Å². The summed E-state index contributed by atoms with van der Waals surface area (Å²) in [7, 11) is 1.61. The van der Waals surface area contributed by atoms with E-state index in [1.54, 1.807) is 40.8 Å². The fraction of sp³-hybridized carbons (Fsp3) is 0.304. The van der Waals surface area contributed by atoms with Crippen molar-refractivity contribution in [1.82, 2.24) is 15.1 Å². The van der Waals surface area contributed by atoms with Crippen LogP contribution in [0.15, 0.2) is 52.3 Å². The molecule has 168 valence electrons. The molecule has 7 nitrogen and oxygen atoms in total. The van der Waals surface area contributed by atoms with Crippen molar-refractivity contribution in [2.24, 2.45) is 0 Å². The van der Waals surface area contributed by atoms with E-state index in [0.29, 0.717) is 37.8 Å². The van der Waals surface area contributed by atoms with Crippen LogP contribution < -0.4 is 10.2 Å². The third-order valence-corrected chi connectivity index (χ3v) is 6.82. The Morgan fingerprint density at radius 2 is 1.88 bits per heavy atom. The van der Waals surface area contributed by atoms with Gasteiger partial charge in [-0.25, -0.2) is 4.79 Å². The molecule has 0 atom stereocenters. The maximum atomic E-state index is 12.5. The average Bonchev–Trinajstić information content (AvgIpc) is 2.83. The predicted molar refractivity (Wildman–Crippen MR) is 124 cm³/mol. The summed E-state index contributed by atoms with van der Waals surface area (Å²) in [5, 5.41) is 3.23. The molecule has 9 heteroatoms. The Hall–Kier alpha value is -2.68. The Morgan fingerprint density at radius 1 is 1.09 bits per heavy atom. The number of rotatable bonds is 4. The Kier molecular flexibility index (Phi) is 7.24. The first-order chi connectivity index (χ1) is 15.5. The van der Waals surface area contributed by atoms with Crippen molar-refractivity contribution in [3.63, 3.8) is 0 Å².